The van der Waals surface area contributed by atoms with Crippen LogP contribution in [-0.2, 0) is 0 Å². The summed E-state index contributed by atoms with van der Waals surface area (Å²) in [4.78, 5) is 0.592. The molecule has 0 saturated carbocycles. The van der Waals surface area contributed by atoms with Gasteiger partial charge in [0, 0.05) is 10.9 Å². The van der Waals surface area contributed by atoms with E-state index in [1.807, 2.05) is 6.92 Å². The fourth-order valence-electron chi connectivity index (χ4n) is 0.998. The van der Waals surface area contributed by atoms with Gasteiger partial charge in [0.05, 0.1) is 6.42 Å². The van der Waals surface area contributed by atoms with Crippen LogP contribution in [0.1, 0.15) is 22.9 Å². The highest BCUT2D eigenvalue weighted by Gasteiger charge is 2.31. The second-order valence-electron chi connectivity index (χ2n) is 2.95. The number of thiophene rings is 1. The summed E-state index contributed by atoms with van der Waals surface area (Å²) in [6.45, 7) is 1.83. The highest BCUT2D eigenvalue weighted by Crippen LogP contribution is 2.30. The van der Waals surface area contributed by atoms with Crippen LogP contribution >= 0.6 is 11.3 Å². The summed E-state index contributed by atoms with van der Waals surface area (Å²) in [6.07, 6.45) is -5.13. The summed E-state index contributed by atoms with van der Waals surface area (Å²) in [5.74, 6) is 0. The first-order chi connectivity index (χ1) is 5.88. The highest BCUT2D eigenvalue weighted by atomic mass is 32.1. The molecule has 1 atom stereocenters. The van der Waals surface area contributed by atoms with E-state index in [0.717, 1.165) is 5.56 Å². The first-order valence-electron chi connectivity index (χ1n) is 3.76. The van der Waals surface area contributed by atoms with Crippen LogP contribution < -0.4 is 5.73 Å². The van der Waals surface area contributed by atoms with E-state index in [1.54, 1.807) is 11.4 Å². The molecular weight excluding hydrogens is 199 g/mol. The molecule has 1 nitrogen and oxygen atoms in total. The van der Waals surface area contributed by atoms with E-state index < -0.39 is 18.6 Å². The van der Waals surface area contributed by atoms with E-state index in [9.17, 15) is 13.2 Å². The maximum absolute atomic E-state index is 11.9. The predicted molar refractivity (Wildman–Crippen MR) is 46.7 cm³/mol. The minimum atomic E-state index is -4.18. The molecule has 0 aromatic carbocycles. The third kappa shape index (κ3) is 3.36. The minimum Gasteiger partial charge on any atom is -0.323 e. The molecule has 1 aromatic heterocycles. The quantitative estimate of drug-likeness (QED) is 0.796. The van der Waals surface area contributed by atoms with Crippen molar-refractivity contribution in [2.24, 2.45) is 5.73 Å². The normalized spacial score (nSPS) is 14.5. The van der Waals surface area contributed by atoms with Crippen LogP contribution in [0.2, 0.25) is 0 Å². The summed E-state index contributed by atoms with van der Waals surface area (Å²) in [5.41, 5.74) is 6.34. The van der Waals surface area contributed by atoms with E-state index >= 15 is 0 Å². The zero-order valence-corrected chi connectivity index (χ0v) is 7.88. The molecule has 0 radical (unpaired) electrons. The van der Waals surface area contributed by atoms with Crippen molar-refractivity contribution < 1.29 is 13.2 Å². The van der Waals surface area contributed by atoms with Gasteiger partial charge in [0.15, 0.2) is 0 Å². The zero-order chi connectivity index (χ0) is 10.1. The van der Waals surface area contributed by atoms with E-state index in [0.29, 0.717) is 4.88 Å². The molecule has 0 aliphatic rings. The number of halogens is 3. The summed E-state index contributed by atoms with van der Waals surface area (Å²) in [5, 5.41) is 1.80. The molecule has 5 heteroatoms. The second-order valence-corrected chi connectivity index (χ2v) is 3.90. The van der Waals surface area contributed by atoms with Gasteiger partial charge in [0.25, 0.3) is 0 Å². The van der Waals surface area contributed by atoms with Crippen molar-refractivity contribution in [2.75, 3.05) is 0 Å². The first kappa shape index (κ1) is 10.5. The molecular formula is C8H10F3NS. The Kier molecular flexibility index (Phi) is 2.98. The molecule has 1 rings (SSSR count). The molecule has 0 saturated heterocycles. The van der Waals surface area contributed by atoms with E-state index in [4.69, 9.17) is 5.73 Å². The fourth-order valence-corrected chi connectivity index (χ4v) is 1.90. The summed E-state index contributed by atoms with van der Waals surface area (Å²) >= 11 is 1.27. The molecule has 0 amide bonds. The van der Waals surface area contributed by atoms with Gasteiger partial charge in [0.1, 0.15) is 0 Å². The van der Waals surface area contributed by atoms with Gasteiger partial charge < -0.3 is 5.73 Å². The molecule has 0 aliphatic heterocycles. The summed E-state index contributed by atoms with van der Waals surface area (Å²) < 4.78 is 35.8. The summed E-state index contributed by atoms with van der Waals surface area (Å²) in [6, 6.07) is 0.778. The average molecular weight is 209 g/mol. The number of alkyl halides is 3. The maximum atomic E-state index is 11.9. The van der Waals surface area contributed by atoms with Crippen LogP contribution in [-0.4, -0.2) is 6.18 Å². The van der Waals surface area contributed by atoms with Crippen molar-refractivity contribution in [1.29, 1.82) is 0 Å². The second kappa shape index (κ2) is 3.67. The molecule has 74 valence electrons. The van der Waals surface area contributed by atoms with Gasteiger partial charge >= 0.3 is 6.18 Å². The van der Waals surface area contributed by atoms with Gasteiger partial charge in [-0.15, -0.1) is 11.3 Å². The van der Waals surface area contributed by atoms with Crippen LogP contribution in [0.5, 0.6) is 0 Å². The highest BCUT2D eigenvalue weighted by molar-refractivity contribution is 7.10. The smallest absolute Gasteiger partial charge is 0.323 e. The van der Waals surface area contributed by atoms with Gasteiger partial charge in [-0.2, -0.15) is 13.2 Å². The first-order valence-corrected chi connectivity index (χ1v) is 4.64. The molecule has 1 heterocycles. The van der Waals surface area contributed by atoms with Crippen molar-refractivity contribution >= 4 is 11.3 Å². The number of aryl methyl sites for hydroxylation is 1. The lowest BCUT2D eigenvalue weighted by atomic mass is 10.1. The summed E-state index contributed by atoms with van der Waals surface area (Å²) in [7, 11) is 0. The van der Waals surface area contributed by atoms with Gasteiger partial charge in [-0.25, -0.2) is 0 Å². The molecule has 0 unspecified atom stereocenters. The largest absolute Gasteiger partial charge is 0.390 e. The number of hydrogen-bond donors (Lipinski definition) is 1. The van der Waals surface area contributed by atoms with Crippen molar-refractivity contribution in [1.82, 2.24) is 0 Å². The van der Waals surface area contributed by atoms with Crippen molar-refractivity contribution in [2.45, 2.75) is 25.6 Å². The minimum absolute atomic E-state index is 0.592. The van der Waals surface area contributed by atoms with Gasteiger partial charge in [0.2, 0.25) is 0 Å². The maximum Gasteiger partial charge on any atom is 0.390 e. The Balaban J connectivity index is 2.64. The van der Waals surface area contributed by atoms with Crippen LogP contribution in [0, 0.1) is 6.92 Å². The topological polar surface area (TPSA) is 26.0 Å². The number of hydrogen-bond acceptors (Lipinski definition) is 2. The Morgan fingerprint density at radius 3 is 2.54 bits per heavy atom. The third-order valence-corrected chi connectivity index (χ3v) is 2.75. The Bertz CT molecular complexity index is 279. The Morgan fingerprint density at radius 2 is 2.15 bits per heavy atom. The van der Waals surface area contributed by atoms with Crippen molar-refractivity contribution in [3.63, 3.8) is 0 Å². The SMILES string of the molecule is Cc1csc([C@@H](N)CC(F)(F)F)c1. The molecule has 2 N–H and O–H groups in total. The lowest BCUT2D eigenvalue weighted by molar-refractivity contribution is -0.138. The fraction of sp³-hybridized carbons (Fsp3) is 0.500. The molecule has 0 aliphatic carbocycles. The van der Waals surface area contributed by atoms with Crippen LogP contribution in [0.15, 0.2) is 11.4 Å². The van der Waals surface area contributed by atoms with Gasteiger partial charge in [-0.1, -0.05) is 0 Å². The van der Waals surface area contributed by atoms with Gasteiger partial charge in [-0.3, -0.25) is 0 Å². The Morgan fingerprint density at radius 1 is 1.54 bits per heavy atom. The Labute approximate surface area is 78.4 Å². The predicted octanol–water partition coefficient (Wildman–Crippen LogP) is 3.01. The molecule has 13 heavy (non-hydrogen) atoms. The molecule has 0 bridgehead atoms. The number of nitrogens with two attached hydrogens (primary N) is 1. The van der Waals surface area contributed by atoms with E-state index in [-0.39, 0.29) is 0 Å². The zero-order valence-electron chi connectivity index (χ0n) is 7.06. The van der Waals surface area contributed by atoms with Gasteiger partial charge in [-0.05, 0) is 23.9 Å². The molecule has 0 fully saturated rings. The van der Waals surface area contributed by atoms with Crippen molar-refractivity contribution in [3.8, 4) is 0 Å². The molecule has 0 spiro atoms. The average Bonchev–Trinajstić information content (AvgIpc) is 2.31. The lowest BCUT2D eigenvalue weighted by Gasteiger charge is -2.11. The monoisotopic (exact) mass is 209 g/mol. The van der Waals surface area contributed by atoms with E-state index in [2.05, 4.69) is 0 Å². The van der Waals surface area contributed by atoms with Crippen molar-refractivity contribution in [3.05, 3.63) is 21.9 Å². The van der Waals surface area contributed by atoms with Crippen LogP contribution in [0.25, 0.3) is 0 Å². The Hall–Kier alpha value is -0.550. The van der Waals surface area contributed by atoms with Crippen LogP contribution in [0.4, 0.5) is 13.2 Å². The van der Waals surface area contributed by atoms with E-state index in [1.165, 1.54) is 11.3 Å². The number of rotatable bonds is 2. The third-order valence-electron chi connectivity index (χ3n) is 1.57. The van der Waals surface area contributed by atoms with Crippen LogP contribution in [0.3, 0.4) is 0 Å². The lowest BCUT2D eigenvalue weighted by Crippen LogP contribution is -2.19. The molecule has 1 aromatic rings. The standard InChI is InChI=1S/C8H10F3NS/c1-5-2-7(13-4-5)6(12)3-8(9,10)11/h2,4,6H,3,12H2,1H3/t6-/m0/s1.